The van der Waals surface area contributed by atoms with Crippen molar-refractivity contribution in [2.45, 2.75) is 6.42 Å². The zero-order chi connectivity index (χ0) is 17.1. The minimum atomic E-state index is -0.358. The molecule has 0 bridgehead atoms. The van der Waals surface area contributed by atoms with Crippen LogP contribution in [0.15, 0.2) is 53.0 Å². The van der Waals surface area contributed by atoms with Crippen molar-refractivity contribution in [3.05, 3.63) is 53.0 Å². The van der Waals surface area contributed by atoms with Gasteiger partial charge in [-0.1, -0.05) is 15.9 Å². The third kappa shape index (κ3) is 3.59. The van der Waals surface area contributed by atoms with Gasteiger partial charge >= 0.3 is 0 Å². The van der Waals surface area contributed by atoms with Crippen LogP contribution < -0.4 is 15.0 Å². The summed E-state index contributed by atoms with van der Waals surface area (Å²) in [5.74, 6) is 0.189. The third-order valence-electron chi connectivity index (χ3n) is 3.99. The number of ether oxygens (including phenoxy) is 1. The molecular weight excluding hydrogens is 372 g/mol. The van der Waals surface area contributed by atoms with Crippen molar-refractivity contribution < 1.29 is 14.3 Å². The van der Waals surface area contributed by atoms with E-state index in [4.69, 9.17) is 4.74 Å². The van der Waals surface area contributed by atoms with E-state index in [1.807, 2.05) is 24.3 Å². The normalized spacial score (nSPS) is 17.0. The highest BCUT2D eigenvalue weighted by Crippen LogP contribution is 2.27. The highest BCUT2D eigenvalue weighted by Gasteiger charge is 2.35. The van der Waals surface area contributed by atoms with Gasteiger partial charge in [0.1, 0.15) is 5.75 Å². The lowest BCUT2D eigenvalue weighted by atomic mass is 10.1. The number of anilines is 2. The Morgan fingerprint density at radius 2 is 1.83 bits per heavy atom. The minimum Gasteiger partial charge on any atom is -0.497 e. The zero-order valence-corrected chi connectivity index (χ0v) is 14.7. The molecule has 5 nitrogen and oxygen atoms in total. The molecular formula is C18H17BrN2O3. The molecule has 2 aromatic carbocycles. The SMILES string of the molecule is COc1ccc(NC(=O)C2CC(=O)N(c3ccc(Br)cc3)C2)cc1. The average molecular weight is 389 g/mol. The van der Waals surface area contributed by atoms with Crippen LogP contribution >= 0.6 is 15.9 Å². The summed E-state index contributed by atoms with van der Waals surface area (Å²) in [6.45, 7) is 0.391. The van der Waals surface area contributed by atoms with Crippen LogP contribution in [0.5, 0.6) is 5.75 Å². The molecule has 1 saturated heterocycles. The summed E-state index contributed by atoms with van der Waals surface area (Å²) in [6, 6.07) is 14.6. The summed E-state index contributed by atoms with van der Waals surface area (Å²) in [7, 11) is 1.59. The highest BCUT2D eigenvalue weighted by atomic mass is 79.9. The molecule has 0 aromatic heterocycles. The Morgan fingerprint density at radius 3 is 2.46 bits per heavy atom. The Bertz CT molecular complexity index is 744. The predicted octanol–water partition coefficient (Wildman–Crippen LogP) is 3.45. The number of nitrogens with one attached hydrogen (secondary N) is 1. The summed E-state index contributed by atoms with van der Waals surface area (Å²) in [5, 5.41) is 2.86. The van der Waals surface area contributed by atoms with Crippen LogP contribution in [-0.4, -0.2) is 25.5 Å². The van der Waals surface area contributed by atoms with Crippen molar-refractivity contribution in [2.24, 2.45) is 5.92 Å². The molecule has 0 aliphatic carbocycles. The van der Waals surface area contributed by atoms with Crippen LogP contribution in [0.3, 0.4) is 0 Å². The number of methoxy groups -OCH3 is 1. The topological polar surface area (TPSA) is 58.6 Å². The van der Waals surface area contributed by atoms with E-state index >= 15 is 0 Å². The smallest absolute Gasteiger partial charge is 0.229 e. The molecule has 1 heterocycles. The Balaban J connectivity index is 1.66. The second-order valence-electron chi connectivity index (χ2n) is 5.60. The van der Waals surface area contributed by atoms with E-state index in [1.165, 1.54) is 0 Å². The second-order valence-corrected chi connectivity index (χ2v) is 6.52. The van der Waals surface area contributed by atoms with E-state index < -0.39 is 0 Å². The Kier molecular flexibility index (Phi) is 4.85. The van der Waals surface area contributed by atoms with Crippen molar-refractivity contribution in [2.75, 3.05) is 23.9 Å². The van der Waals surface area contributed by atoms with Gasteiger partial charge in [-0.05, 0) is 48.5 Å². The molecule has 3 rings (SSSR count). The maximum absolute atomic E-state index is 12.4. The number of carbonyl (C=O) groups is 2. The lowest BCUT2D eigenvalue weighted by molar-refractivity contribution is -0.122. The van der Waals surface area contributed by atoms with E-state index in [0.29, 0.717) is 12.2 Å². The molecule has 0 radical (unpaired) electrons. The summed E-state index contributed by atoms with van der Waals surface area (Å²) < 4.78 is 6.04. The van der Waals surface area contributed by atoms with Gasteiger partial charge in [0.15, 0.2) is 0 Å². The van der Waals surface area contributed by atoms with E-state index in [9.17, 15) is 9.59 Å². The summed E-state index contributed by atoms with van der Waals surface area (Å²) in [5.41, 5.74) is 1.50. The number of benzene rings is 2. The molecule has 2 amide bonds. The lowest BCUT2D eigenvalue weighted by Gasteiger charge is -2.16. The molecule has 0 saturated carbocycles. The molecule has 1 unspecified atom stereocenters. The fraction of sp³-hybridized carbons (Fsp3) is 0.222. The molecule has 124 valence electrons. The molecule has 1 aliphatic heterocycles. The summed E-state index contributed by atoms with van der Waals surface area (Å²) in [4.78, 5) is 26.3. The average Bonchev–Trinajstić information content (AvgIpc) is 2.98. The number of amides is 2. The van der Waals surface area contributed by atoms with Gasteiger partial charge in [0, 0.05) is 28.8 Å². The number of rotatable bonds is 4. The largest absolute Gasteiger partial charge is 0.497 e. The van der Waals surface area contributed by atoms with Crippen molar-refractivity contribution in [1.82, 2.24) is 0 Å². The molecule has 1 fully saturated rings. The Hall–Kier alpha value is -2.34. The molecule has 2 aromatic rings. The maximum Gasteiger partial charge on any atom is 0.229 e. The van der Waals surface area contributed by atoms with Gasteiger partial charge in [0.25, 0.3) is 0 Å². The first kappa shape index (κ1) is 16.5. The fourth-order valence-electron chi connectivity index (χ4n) is 2.67. The quantitative estimate of drug-likeness (QED) is 0.872. The summed E-state index contributed by atoms with van der Waals surface area (Å²) in [6.07, 6.45) is 0.220. The van der Waals surface area contributed by atoms with Gasteiger partial charge in [-0.2, -0.15) is 0 Å². The first-order valence-electron chi connectivity index (χ1n) is 7.57. The fourth-order valence-corrected chi connectivity index (χ4v) is 2.94. The van der Waals surface area contributed by atoms with Crippen LogP contribution in [0.2, 0.25) is 0 Å². The van der Waals surface area contributed by atoms with Gasteiger partial charge in [-0.3, -0.25) is 9.59 Å². The molecule has 1 atom stereocenters. The van der Waals surface area contributed by atoms with E-state index in [0.717, 1.165) is 15.9 Å². The van der Waals surface area contributed by atoms with E-state index in [2.05, 4.69) is 21.2 Å². The number of carbonyl (C=O) groups excluding carboxylic acids is 2. The van der Waals surface area contributed by atoms with Gasteiger partial charge in [-0.25, -0.2) is 0 Å². The number of nitrogens with zero attached hydrogens (tertiary/aromatic N) is 1. The first-order chi connectivity index (χ1) is 11.6. The van der Waals surface area contributed by atoms with Crippen LogP contribution in [0.1, 0.15) is 6.42 Å². The van der Waals surface area contributed by atoms with Crippen LogP contribution in [0.25, 0.3) is 0 Å². The van der Waals surface area contributed by atoms with Crippen LogP contribution in [-0.2, 0) is 9.59 Å². The molecule has 0 spiro atoms. The number of hydrogen-bond acceptors (Lipinski definition) is 3. The molecule has 24 heavy (non-hydrogen) atoms. The number of halogens is 1. The van der Waals surface area contributed by atoms with Crippen molar-refractivity contribution in [1.29, 1.82) is 0 Å². The summed E-state index contributed by atoms with van der Waals surface area (Å²) >= 11 is 3.38. The van der Waals surface area contributed by atoms with Crippen molar-refractivity contribution >= 4 is 39.1 Å². The monoisotopic (exact) mass is 388 g/mol. The molecule has 1 N–H and O–H groups in total. The van der Waals surface area contributed by atoms with Gasteiger partial charge in [0.2, 0.25) is 11.8 Å². The molecule has 6 heteroatoms. The molecule has 1 aliphatic rings. The van der Waals surface area contributed by atoms with Crippen molar-refractivity contribution in [3.63, 3.8) is 0 Å². The minimum absolute atomic E-state index is 0.0350. The number of hydrogen-bond donors (Lipinski definition) is 1. The third-order valence-corrected chi connectivity index (χ3v) is 4.52. The van der Waals surface area contributed by atoms with Crippen LogP contribution in [0, 0.1) is 5.92 Å². The lowest BCUT2D eigenvalue weighted by Crippen LogP contribution is -2.28. The van der Waals surface area contributed by atoms with E-state index in [1.54, 1.807) is 36.3 Å². The van der Waals surface area contributed by atoms with Gasteiger partial charge < -0.3 is 15.0 Å². The van der Waals surface area contributed by atoms with Gasteiger partial charge in [-0.15, -0.1) is 0 Å². The first-order valence-corrected chi connectivity index (χ1v) is 8.37. The Morgan fingerprint density at radius 1 is 1.17 bits per heavy atom. The van der Waals surface area contributed by atoms with Crippen molar-refractivity contribution in [3.8, 4) is 5.75 Å². The maximum atomic E-state index is 12.4. The standard InChI is InChI=1S/C18H17BrN2O3/c1-24-16-8-4-14(5-9-16)20-18(23)12-10-17(22)21(11-12)15-6-2-13(19)3-7-15/h2-9,12H,10-11H2,1H3,(H,20,23). The van der Waals surface area contributed by atoms with E-state index in [-0.39, 0.29) is 24.2 Å². The zero-order valence-electron chi connectivity index (χ0n) is 13.2. The Labute approximate surface area is 148 Å². The van der Waals surface area contributed by atoms with Crippen LogP contribution in [0.4, 0.5) is 11.4 Å². The van der Waals surface area contributed by atoms with Gasteiger partial charge in [0.05, 0.1) is 13.0 Å². The predicted molar refractivity (Wildman–Crippen MR) is 96.2 cm³/mol. The second kappa shape index (κ2) is 7.05. The highest BCUT2D eigenvalue weighted by molar-refractivity contribution is 9.10.